The first kappa shape index (κ1) is 17.9. The molecule has 0 unspecified atom stereocenters. The number of carbonyl (C=O) groups is 1. The topological polar surface area (TPSA) is 23.6 Å². The molecule has 1 aromatic heterocycles. The first-order valence-electron chi connectivity index (χ1n) is 9.03. The average Bonchev–Trinajstić information content (AvgIpc) is 3.05. The van der Waals surface area contributed by atoms with Gasteiger partial charge in [0.2, 0.25) is 0 Å². The van der Waals surface area contributed by atoms with Gasteiger partial charge in [0, 0.05) is 36.7 Å². The lowest BCUT2D eigenvalue weighted by Crippen LogP contribution is -2.48. The van der Waals surface area contributed by atoms with Crippen molar-refractivity contribution >= 4 is 22.9 Å². The third-order valence-corrected chi connectivity index (χ3v) is 5.95. The highest BCUT2D eigenvalue weighted by Crippen LogP contribution is 2.26. The number of piperazine rings is 1. The number of amides is 1. The molecule has 0 saturated carbocycles. The number of hydrogen-bond donors (Lipinski definition) is 0. The predicted molar refractivity (Wildman–Crippen MR) is 102 cm³/mol. The molecule has 1 aliphatic rings. The van der Waals surface area contributed by atoms with Crippen LogP contribution in [0.2, 0.25) is 0 Å². The van der Waals surface area contributed by atoms with Crippen LogP contribution in [-0.2, 0) is 12.8 Å². The van der Waals surface area contributed by atoms with Gasteiger partial charge in [-0.2, -0.15) is 0 Å². The van der Waals surface area contributed by atoms with Gasteiger partial charge >= 0.3 is 0 Å². The molecule has 0 N–H and O–H groups in total. The molecule has 1 amide bonds. The summed E-state index contributed by atoms with van der Waals surface area (Å²) in [7, 11) is 0. The summed E-state index contributed by atoms with van der Waals surface area (Å²) in [6.07, 6.45) is 3.15. The van der Waals surface area contributed by atoms with Crippen LogP contribution in [0.5, 0.6) is 0 Å². The van der Waals surface area contributed by atoms with E-state index in [2.05, 4.69) is 24.8 Å². The van der Waals surface area contributed by atoms with Gasteiger partial charge in [0.05, 0.1) is 4.88 Å². The number of nitrogens with zero attached hydrogens (tertiary/aromatic N) is 2. The van der Waals surface area contributed by atoms with Gasteiger partial charge < -0.3 is 9.80 Å². The van der Waals surface area contributed by atoms with Gasteiger partial charge in [-0.15, -0.1) is 11.3 Å². The van der Waals surface area contributed by atoms with Crippen molar-refractivity contribution in [3.8, 4) is 0 Å². The highest BCUT2D eigenvalue weighted by atomic mass is 32.1. The summed E-state index contributed by atoms with van der Waals surface area (Å²) in [5.74, 6) is -0.0642. The van der Waals surface area contributed by atoms with E-state index in [0.29, 0.717) is 13.1 Å². The van der Waals surface area contributed by atoms with E-state index in [1.165, 1.54) is 22.6 Å². The average molecular weight is 360 g/mol. The maximum Gasteiger partial charge on any atom is 0.264 e. The molecule has 25 heavy (non-hydrogen) atoms. The summed E-state index contributed by atoms with van der Waals surface area (Å²) in [6.45, 7) is 7.31. The van der Waals surface area contributed by atoms with Gasteiger partial charge in [0.15, 0.2) is 0 Å². The Morgan fingerprint density at radius 2 is 1.80 bits per heavy atom. The molecular formula is C20H25FN2OS. The highest BCUT2D eigenvalue weighted by molar-refractivity contribution is 7.14. The lowest BCUT2D eigenvalue weighted by molar-refractivity contribution is 0.0751. The monoisotopic (exact) mass is 360 g/mol. The van der Waals surface area contributed by atoms with E-state index in [9.17, 15) is 9.18 Å². The number of rotatable bonds is 5. The summed E-state index contributed by atoms with van der Waals surface area (Å²) in [4.78, 5) is 19.2. The summed E-state index contributed by atoms with van der Waals surface area (Å²) in [5, 5.41) is 0. The van der Waals surface area contributed by atoms with Crippen molar-refractivity contribution in [3.05, 3.63) is 51.5 Å². The van der Waals surface area contributed by atoms with Gasteiger partial charge in [-0.3, -0.25) is 4.79 Å². The molecule has 3 rings (SSSR count). The number of halogens is 1. The van der Waals surface area contributed by atoms with Crippen molar-refractivity contribution in [1.29, 1.82) is 0 Å². The Bertz CT molecular complexity index is 718. The maximum atomic E-state index is 13.1. The summed E-state index contributed by atoms with van der Waals surface area (Å²) < 4.78 is 13.1. The second kappa shape index (κ2) is 8.00. The molecule has 5 heteroatoms. The van der Waals surface area contributed by atoms with Gasteiger partial charge in [0.25, 0.3) is 5.91 Å². The van der Waals surface area contributed by atoms with Crippen LogP contribution in [0.3, 0.4) is 0 Å². The van der Waals surface area contributed by atoms with Crippen LogP contribution in [0, 0.1) is 5.82 Å². The van der Waals surface area contributed by atoms with Crippen molar-refractivity contribution < 1.29 is 9.18 Å². The van der Waals surface area contributed by atoms with E-state index in [-0.39, 0.29) is 11.7 Å². The number of thiophene rings is 1. The molecule has 1 fully saturated rings. The minimum absolute atomic E-state index is 0.154. The van der Waals surface area contributed by atoms with Crippen LogP contribution in [0.15, 0.2) is 30.3 Å². The summed E-state index contributed by atoms with van der Waals surface area (Å²) in [6, 6.07) is 8.66. The maximum absolute atomic E-state index is 13.1. The normalized spacial score (nSPS) is 14.8. The number of carbonyl (C=O) groups excluding carboxylic acids is 1. The van der Waals surface area contributed by atoms with Gasteiger partial charge in [0.1, 0.15) is 5.82 Å². The van der Waals surface area contributed by atoms with E-state index in [1.807, 2.05) is 4.90 Å². The molecule has 0 aliphatic carbocycles. The number of anilines is 1. The third kappa shape index (κ3) is 4.03. The molecule has 1 aromatic carbocycles. The fraction of sp³-hybridized carbons (Fsp3) is 0.450. The molecular weight excluding hydrogens is 335 g/mol. The molecule has 0 atom stereocenters. The van der Waals surface area contributed by atoms with Crippen molar-refractivity contribution in [2.45, 2.75) is 33.1 Å². The lowest BCUT2D eigenvalue weighted by Gasteiger charge is -2.36. The van der Waals surface area contributed by atoms with Crippen LogP contribution in [0.4, 0.5) is 10.1 Å². The van der Waals surface area contributed by atoms with E-state index in [1.54, 1.807) is 23.5 Å². The molecule has 134 valence electrons. The first-order chi connectivity index (χ1) is 12.1. The van der Waals surface area contributed by atoms with Crippen LogP contribution in [0.25, 0.3) is 0 Å². The number of benzene rings is 1. The van der Waals surface area contributed by atoms with E-state index < -0.39 is 0 Å². The fourth-order valence-corrected chi connectivity index (χ4v) is 4.61. The molecule has 2 aromatic rings. The SMILES string of the molecule is CCCc1sc(C(=O)N2CCN(c3ccc(F)cc3)CC2)cc1CC. The molecule has 0 radical (unpaired) electrons. The van der Waals surface area contributed by atoms with Crippen molar-refractivity contribution in [1.82, 2.24) is 4.90 Å². The van der Waals surface area contributed by atoms with Crippen LogP contribution >= 0.6 is 11.3 Å². The molecule has 0 spiro atoms. The Hall–Kier alpha value is -1.88. The first-order valence-corrected chi connectivity index (χ1v) is 9.85. The number of hydrogen-bond acceptors (Lipinski definition) is 3. The fourth-order valence-electron chi connectivity index (χ4n) is 3.29. The zero-order valence-corrected chi connectivity index (χ0v) is 15.7. The molecule has 1 aliphatic heterocycles. The summed E-state index contributed by atoms with van der Waals surface area (Å²) >= 11 is 1.66. The smallest absolute Gasteiger partial charge is 0.264 e. The van der Waals surface area contributed by atoms with Crippen molar-refractivity contribution in [2.75, 3.05) is 31.1 Å². The Morgan fingerprint density at radius 3 is 2.40 bits per heavy atom. The largest absolute Gasteiger partial charge is 0.368 e. The van der Waals surface area contributed by atoms with E-state index >= 15 is 0 Å². The minimum atomic E-state index is -0.218. The van der Waals surface area contributed by atoms with Crippen LogP contribution in [0.1, 0.15) is 40.4 Å². The Labute approximate surface area is 153 Å². The van der Waals surface area contributed by atoms with Crippen molar-refractivity contribution in [3.63, 3.8) is 0 Å². The Morgan fingerprint density at radius 1 is 1.12 bits per heavy atom. The zero-order chi connectivity index (χ0) is 17.8. The van der Waals surface area contributed by atoms with Gasteiger partial charge in [-0.25, -0.2) is 4.39 Å². The lowest BCUT2D eigenvalue weighted by atomic mass is 10.1. The highest BCUT2D eigenvalue weighted by Gasteiger charge is 2.24. The molecule has 2 heterocycles. The van der Waals surface area contributed by atoms with Gasteiger partial charge in [-0.05, 0) is 48.7 Å². The zero-order valence-electron chi connectivity index (χ0n) is 14.9. The summed E-state index contributed by atoms with van der Waals surface area (Å²) in [5.41, 5.74) is 2.34. The van der Waals surface area contributed by atoms with Crippen LogP contribution < -0.4 is 4.90 Å². The second-order valence-corrected chi connectivity index (χ2v) is 7.56. The molecule has 3 nitrogen and oxygen atoms in total. The Kier molecular flexibility index (Phi) is 5.74. The number of aryl methyl sites for hydroxylation is 2. The molecule has 1 saturated heterocycles. The standard InChI is InChI=1S/C20H25FN2OS/c1-3-5-18-15(4-2)14-19(25-18)20(24)23-12-10-22(11-13-23)17-8-6-16(21)7-9-17/h6-9,14H,3-5,10-13H2,1-2H3. The van der Waals surface area contributed by atoms with Gasteiger partial charge in [-0.1, -0.05) is 20.3 Å². The van der Waals surface area contributed by atoms with Crippen molar-refractivity contribution in [2.24, 2.45) is 0 Å². The second-order valence-electron chi connectivity index (χ2n) is 6.42. The van der Waals surface area contributed by atoms with E-state index in [4.69, 9.17) is 0 Å². The van der Waals surface area contributed by atoms with E-state index in [0.717, 1.165) is 42.9 Å². The minimum Gasteiger partial charge on any atom is -0.368 e. The molecule has 0 bridgehead atoms. The predicted octanol–water partition coefficient (Wildman–Crippen LogP) is 4.36. The third-order valence-electron chi connectivity index (χ3n) is 4.72. The van der Waals surface area contributed by atoms with Crippen LogP contribution in [-0.4, -0.2) is 37.0 Å². The quantitative estimate of drug-likeness (QED) is 0.791. The Balaban J connectivity index is 1.64.